The van der Waals surface area contributed by atoms with Gasteiger partial charge < -0.3 is 0 Å². The van der Waals surface area contributed by atoms with Gasteiger partial charge in [0.25, 0.3) is 0 Å². The molecule has 0 bridgehead atoms. The van der Waals surface area contributed by atoms with E-state index in [-0.39, 0.29) is 5.41 Å². The Morgan fingerprint density at radius 2 is 0.520 bits per heavy atom. The Morgan fingerprint density at radius 1 is 0.270 bits per heavy atom. The Morgan fingerprint density at radius 3 is 0.777 bits per heavy atom. The van der Waals surface area contributed by atoms with Crippen molar-refractivity contribution in [3.05, 3.63) is 393 Å². The number of aromatic nitrogens is 14. The van der Waals surface area contributed by atoms with Gasteiger partial charge in [0, 0.05) is 144 Å². The molecule has 14 heteroatoms. The van der Waals surface area contributed by atoms with E-state index in [0.717, 1.165) is 80.6 Å². The second-order valence-electron chi connectivity index (χ2n) is 43.7. The minimum Gasteiger partial charge on any atom is -0.260 e. The molecule has 148 heavy (non-hydrogen) atoms. The highest BCUT2D eigenvalue weighted by molar-refractivity contribution is 6.01. The monoisotopic (exact) mass is 1950 g/mol. The van der Waals surface area contributed by atoms with Crippen LogP contribution in [0.2, 0.25) is 0 Å². The van der Waals surface area contributed by atoms with E-state index in [2.05, 4.69) is 482 Å². The normalized spacial score (nSPS) is 12.1. The van der Waals surface area contributed by atoms with Gasteiger partial charge >= 0.3 is 0 Å². The van der Waals surface area contributed by atoms with Gasteiger partial charge in [-0.2, -0.15) is 0 Å². The van der Waals surface area contributed by atoms with Crippen LogP contribution in [0.3, 0.4) is 0 Å². The van der Waals surface area contributed by atoms with E-state index in [0.29, 0.717) is 17.8 Å². The summed E-state index contributed by atoms with van der Waals surface area (Å²) >= 11 is 0. The first-order chi connectivity index (χ1) is 70.7. The van der Waals surface area contributed by atoms with Crippen molar-refractivity contribution in [1.29, 1.82) is 0 Å². The zero-order valence-electron chi connectivity index (χ0n) is 92.3. The summed E-state index contributed by atoms with van der Waals surface area (Å²) < 4.78 is 11.2. The third-order valence-electron chi connectivity index (χ3n) is 29.9. The van der Waals surface area contributed by atoms with Crippen molar-refractivity contribution in [3.8, 4) is 112 Å². The lowest BCUT2D eigenvalue weighted by Gasteiger charge is -2.16. The maximum absolute atomic E-state index is 4.82. The van der Waals surface area contributed by atoms with Gasteiger partial charge in [0.05, 0.1) is 54.7 Å². The SMILES string of the molecule is Cc1cc(C)c(C)c(-c2c3ccc(-c4ccc(C5CCCC5)nc4)cc3cc[n+]2C)c1.Cc1cc(C)c(C)c(-c2c3ccc(-c4cnc(C(C)C)nc4)cc3cc[n+]2C)c1.Cc1cc(C)c(C)c(-c2c3ccc(-c4cnc(C)nc4)cc3cc[n+]2C)c1.Cc1cc(C)c(C)c(-c2c3ccc(-c4cnc(CC(C)(C)C)nc4)cc3cc[n+]2C)c1.Cc1cc(C)c(C)c(-c2c3ccc(-c4cnc(CC(C)C)nc4)cc3cc[n+]2C)c1. The Kier molecular flexibility index (Phi) is 31.1. The molecule has 1 fully saturated rings. The third kappa shape index (κ3) is 23.1. The molecule has 0 aliphatic heterocycles. The predicted molar refractivity (Wildman–Crippen MR) is 613 cm³/mol. The molecule has 1 aliphatic rings. The van der Waals surface area contributed by atoms with Crippen LogP contribution >= 0.6 is 0 Å². The summed E-state index contributed by atoms with van der Waals surface area (Å²) in [5, 5.41) is 12.5. The maximum Gasteiger partial charge on any atom is 0.220 e. The van der Waals surface area contributed by atoms with Gasteiger partial charge in [-0.05, 0) is 342 Å². The van der Waals surface area contributed by atoms with Crippen molar-refractivity contribution in [2.24, 2.45) is 46.6 Å². The third-order valence-corrected chi connectivity index (χ3v) is 29.9. The number of pyridine rings is 6. The van der Waals surface area contributed by atoms with E-state index in [4.69, 9.17) is 4.98 Å². The van der Waals surface area contributed by atoms with E-state index in [9.17, 15) is 0 Å². The lowest BCUT2D eigenvalue weighted by molar-refractivity contribution is -0.659. The highest BCUT2D eigenvalue weighted by Gasteiger charge is 2.28. The molecule has 1 aliphatic carbocycles. The molecule has 746 valence electrons. The summed E-state index contributed by atoms with van der Waals surface area (Å²) in [5.74, 6) is 5.04. The Bertz CT molecular complexity index is 8390. The molecule has 20 aromatic rings. The van der Waals surface area contributed by atoms with Crippen LogP contribution in [0.5, 0.6) is 0 Å². The van der Waals surface area contributed by atoms with Crippen LogP contribution in [0, 0.1) is 122 Å². The maximum atomic E-state index is 4.82. The smallest absolute Gasteiger partial charge is 0.220 e. The molecule has 0 unspecified atom stereocenters. The van der Waals surface area contributed by atoms with Gasteiger partial charge in [0.2, 0.25) is 28.5 Å². The van der Waals surface area contributed by atoms with Crippen LogP contribution in [0.25, 0.3) is 166 Å². The van der Waals surface area contributed by atoms with Gasteiger partial charge in [-0.1, -0.05) is 156 Å². The largest absolute Gasteiger partial charge is 0.260 e. The lowest BCUT2D eigenvalue weighted by atomic mass is 9.92. The van der Waals surface area contributed by atoms with E-state index in [1.807, 2.05) is 56.5 Å². The average Bonchev–Trinajstić information content (AvgIpc) is 0.819. The van der Waals surface area contributed by atoms with Crippen LogP contribution in [0.1, 0.15) is 198 Å². The van der Waals surface area contributed by atoms with Crippen molar-refractivity contribution in [2.75, 3.05) is 0 Å². The molecule has 0 amide bonds. The Balaban J connectivity index is 0.000000126. The first kappa shape index (κ1) is 104. The van der Waals surface area contributed by atoms with Gasteiger partial charge in [0.15, 0.2) is 31.0 Å². The number of hydrogen-bond acceptors (Lipinski definition) is 9. The van der Waals surface area contributed by atoms with Gasteiger partial charge in [-0.15, -0.1) is 0 Å². The van der Waals surface area contributed by atoms with Crippen LogP contribution in [0.4, 0.5) is 0 Å². The first-order valence-electron chi connectivity index (χ1n) is 52.5. The lowest BCUT2D eigenvalue weighted by Crippen LogP contribution is -2.30. The fraction of sp³-hybridized carbons (Fsp3) is 0.284. The number of benzene rings is 10. The minimum absolute atomic E-state index is 0.183. The molecular weight excluding hydrogens is 1810 g/mol. The molecule has 0 spiro atoms. The van der Waals surface area contributed by atoms with Crippen molar-refractivity contribution in [1.82, 2.24) is 44.9 Å². The van der Waals surface area contributed by atoms with Crippen LogP contribution in [-0.2, 0) is 48.1 Å². The molecule has 10 aromatic heterocycles. The average molecular weight is 1950 g/mol. The predicted octanol–water partition coefficient (Wildman–Crippen LogP) is 30.0. The van der Waals surface area contributed by atoms with Crippen LogP contribution in [0.15, 0.2) is 281 Å². The molecule has 10 aromatic carbocycles. The van der Waals surface area contributed by atoms with Crippen molar-refractivity contribution in [3.63, 3.8) is 0 Å². The van der Waals surface area contributed by atoms with Crippen LogP contribution in [-0.4, -0.2) is 44.9 Å². The molecule has 14 nitrogen and oxygen atoms in total. The first-order valence-corrected chi connectivity index (χ1v) is 52.5. The molecule has 10 heterocycles. The zero-order valence-corrected chi connectivity index (χ0v) is 92.3. The number of nitrogens with zero attached hydrogens (tertiary/aromatic N) is 14. The fourth-order valence-corrected chi connectivity index (χ4v) is 21.3. The second kappa shape index (κ2) is 44.2. The molecule has 0 saturated heterocycles. The van der Waals surface area contributed by atoms with E-state index in [1.165, 1.54) is 236 Å². The van der Waals surface area contributed by atoms with Crippen molar-refractivity contribution in [2.45, 2.75) is 210 Å². The number of rotatable bonds is 15. The number of hydrogen-bond donors (Lipinski definition) is 0. The topological polar surface area (TPSA) is 135 Å². The molecule has 0 atom stereocenters. The molecule has 1 saturated carbocycles. The highest BCUT2D eigenvalue weighted by Crippen LogP contribution is 2.42. The molecule has 0 radical (unpaired) electrons. The summed E-state index contributed by atoms with van der Waals surface area (Å²) in [6.07, 6.45) is 35.3. The van der Waals surface area contributed by atoms with Gasteiger partial charge in [0.1, 0.15) is 58.5 Å². The van der Waals surface area contributed by atoms with Crippen molar-refractivity contribution >= 4 is 53.9 Å². The standard InChI is InChI=1S/C29H31N2.C28H32N3.C27H30N3.C26H28N3.C24H24N3/c1-19-15-20(2)21(3)27(16-19)29-26-11-9-23(17-24(26)13-14-31(29)4)25-10-12-28(30-18-25)22-7-5-6-8-22;1-18-12-19(2)20(3)25(13-18)27-24-9-8-21(14-22(24)10-11-31(27)7)23-16-29-26(30-17-23)15-28(4,5)6;1-17(2)11-26-28-15-23(16-29-26)21-7-8-24-22(14-21)9-10-30(6)27(24)25-13-18(3)12-19(4)20(25)5;1-16(2)26-27-14-22(15-28-26)20-7-8-23-21(13-20)9-10-29(6)25(23)24-12-17(3)11-18(4)19(24)5;1-15-10-16(2)17(3)23(11-15)24-22-7-6-19(12-20(22)8-9-27(24)5)21-13-25-18(4)26-14-21/h9-18,22H,5-8H2,1-4H3;8-14,16-17H,15H2,1-7H3;7-10,12-17H,11H2,1-6H3;7-16H,1-6H3;6-14H,1-5H3/q5*+1. The van der Waals surface area contributed by atoms with E-state index in [1.54, 1.807) is 0 Å². The van der Waals surface area contributed by atoms with Gasteiger partial charge in [-0.3, -0.25) is 4.98 Å². The molecule has 0 N–H and O–H groups in total. The number of aryl methyl sites for hydroxylation is 16. The fourth-order valence-electron chi connectivity index (χ4n) is 21.3. The summed E-state index contributed by atoms with van der Waals surface area (Å²) in [5.41, 5.74) is 45.3. The summed E-state index contributed by atoms with van der Waals surface area (Å²) in [7, 11) is 10.6. The van der Waals surface area contributed by atoms with Crippen LogP contribution < -0.4 is 22.8 Å². The molecular formula is C134H145N14+5. The quantitative estimate of drug-likeness (QED) is 0.0919. The highest BCUT2D eigenvalue weighted by atomic mass is 15.0. The Labute approximate surface area is 877 Å². The van der Waals surface area contributed by atoms with Crippen molar-refractivity contribution < 1.29 is 22.8 Å². The number of fused-ring (bicyclic) bond motifs is 5. The zero-order chi connectivity index (χ0) is 105. The van der Waals surface area contributed by atoms with E-state index >= 15 is 0 Å². The van der Waals surface area contributed by atoms with Gasteiger partial charge in [-0.25, -0.2) is 62.7 Å². The molecule has 21 rings (SSSR count). The summed E-state index contributed by atoms with van der Waals surface area (Å²) in [6.45, 7) is 50.0. The minimum atomic E-state index is 0.183. The summed E-state index contributed by atoms with van der Waals surface area (Å²) in [4.78, 5) is 40.9. The second-order valence-corrected chi connectivity index (χ2v) is 43.7. The summed E-state index contributed by atoms with van der Waals surface area (Å²) in [6, 6.07) is 71.7. The Hall–Kier alpha value is -15.3. The van der Waals surface area contributed by atoms with E-state index < -0.39 is 0 Å².